The van der Waals surface area contributed by atoms with E-state index in [4.69, 9.17) is 5.73 Å². The summed E-state index contributed by atoms with van der Waals surface area (Å²) in [7, 11) is 0. The van der Waals surface area contributed by atoms with Crippen molar-refractivity contribution in [2.24, 2.45) is 17.6 Å². The summed E-state index contributed by atoms with van der Waals surface area (Å²) in [5, 5.41) is 17.2. The van der Waals surface area contributed by atoms with E-state index in [1.54, 1.807) is 0 Å². The Balaban J connectivity index is 3.00. The zero-order chi connectivity index (χ0) is 25.8. The van der Waals surface area contributed by atoms with Gasteiger partial charge in [0, 0.05) is 12.2 Å². The van der Waals surface area contributed by atoms with Crippen molar-refractivity contribution in [2.45, 2.75) is 71.1 Å². The van der Waals surface area contributed by atoms with E-state index in [0.717, 1.165) is 5.56 Å². The smallest absolute Gasteiger partial charge is 0.326 e. The second kappa shape index (κ2) is 14.6. The molecule has 3 amide bonds. The number of amides is 3. The monoisotopic (exact) mass is 494 g/mol. The van der Waals surface area contributed by atoms with Crippen molar-refractivity contribution in [1.29, 1.82) is 0 Å². The van der Waals surface area contributed by atoms with E-state index in [2.05, 4.69) is 28.6 Å². The Hall–Kier alpha value is -2.59. The lowest BCUT2D eigenvalue weighted by Gasteiger charge is -2.26. The summed E-state index contributed by atoms with van der Waals surface area (Å²) in [6.45, 7) is 7.47. The molecule has 1 aromatic rings. The molecule has 5 atom stereocenters. The number of thiol groups is 1. The standard InChI is InChI=1S/C24H38N4O5S/c1-5-15(4)20(25)23(31)26-17(12-16-9-7-6-8-10-16)21(29)28-19(13-34)22(30)27-18(24(32)33)11-14(2)3/h6-10,14-15,17-20,34H,5,11-13,25H2,1-4H3,(H,26,31)(H,27,30)(H,28,29)(H,32,33). The van der Waals surface area contributed by atoms with Gasteiger partial charge in [0.2, 0.25) is 17.7 Å². The number of carbonyl (C=O) groups is 4. The average molecular weight is 495 g/mol. The van der Waals surface area contributed by atoms with Crippen LogP contribution in [-0.4, -0.2) is 58.7 Å². The molecule has 0 bridgehead atoms. The normalized spacial score (nSPS) is 15.5. The molecule has 190 valence electrons. The lowest BCUT2D eigenvalue weighted by Crippen LogP contribution is -2.58. The fourth-order valence-corrected chi connectivity index (χ4v) is 3.53. The largest absolute Gasteiger partial charge is 0.480 e. The van der Waals surface area contributed by atoms with Crippen LogP contribution < -0.4 is 21.7 Å². The van der Waals surface area contributed by atoms with Gasteiger partial charge in [-0.2, -0.15) is 12.6 Å². The molecule has 0 heterocycles. The van der Waals surface area contributed by atoms with Crippen LogP contribution in [-0.2, 0) is 25.6 Å². The highest BCUT2D eigenvalue weighted by atomic mass is 32.1. The summed E-state index contributed by atoms with van der Waals surface area (Å²) in [5.74, 6) is -2.93. The first kappa shape index (κ1) is 29.4. The van der Waals surface area contributed by atoms with Crippen molar-refractivity contribution < 1.29 is 24.3 Å². The van der Waals surface area contributed by atoms with E-state index < -0.39 is 47.9 Å². The van der Waals surface area contributed by atoms with E-state index >= 15 is 0 Å². The van der Waals surface area contributed by atoms with Gasteiger partial charge in [-0.3, -0.25) is 14.4 Å². The Morgan fingerprint density at radius 3 is 1.94 bits per heavy atom. The molecular weight excluding hydrogens is 456 g/mol. The Labute approximate surface area is 207 Å². The molecule has 0 aliphatic carbocycles. The molecular formula is C24H38N4O5S. The molecule has 10 heteroatoms. The van der Waals surface area contributed by atoms with Crippen LogP contribution in [0.25, 0.3) is 0 Å². The minimum atomic E-state index is -1.15. The minimum Gasteiger partial charge on any atom is -0.480 e. The molecule has 0 saturated carbocycles. The fraction of sp³-hybridized carbons (Fsp3) is 0.583. The molecule has 0 fully saturated rings. The van der Waals surface area contributed by atoms with Crippen molar-refractivity contribution in [3.8, 4) is 0 Å². The number of benzene rings is 1. The van der Waals surface area contributed by atoms with E-state index in [1.807, 2.05) is 58.0 Å². The number of carbonyl (C=O) groups excluding carboxylic acids is 3. The van der Waals surface area contributed by atoms with Crippen LogP contribution in [0.4, 0.5) is 0 Å². The number of carboxylic acids is 1. The molecule has 0 aliphatic heterocycles. The Kier molecular flexibility index (Phi) is 12.7. The van der Waals surface area contributed by atoms with E-state index in [0.29, 0.717) is 6.42 Å². The van der Waals surface area contributed by atoms with E-state index in [9.17, 15) is 24.3 Å². The van der Waals surface area contributed by atoms with Gasteiger partial charge in [-0.15, -0.1) is 0 Å². The maximum absolute atomic E-state index is 13.1. The zero-order valence-corrected chi connectivity index (χ0v) is 21.2. The van der Waals surface area contributed by atoms with Crippen LogP contribution in [0.5, 0.6) is 0 Å². The molecule has 0 radical (unpaired) electrons. The quantitative estimate of drug-likeness (QED) is 0.213. The molecule has 0 spiro atoms. The van der Waals surface area contributed by atoms with Crippen molar-refractivity contribution in [2.75, 3.05) is 5.75 Å². The number of rotatable bonds is 14. The van der Waals surface area contributed by atoms with Gasteiger partial charge < -0.3 is 26.8 Å². The number of aliphatic carboxylic acids is 1. The Morgan fingerprint density at radius 1 is 0.912 bits per heavy atom. The maximum atomic E-state index is 13.1. The topological polar surface area (TPSA) is 151 Å². The summed E-state index contributed by atoms with van der Waals surface area (Å²) >= 11 is 4.15. The third-order valence-electron chi connectivity index (χ3n) is 5.61. The highest BCUT2D eigenvalue weighted by molar-refractivity contribution is 7.80. The third-order valence-corrected chi connectivity index (χ3v) is 5.98. The molecule has 34 heavy (non-hydrogen) atoms. The number of nitrogens with two attached hydrogens (primary N) is 1. The van der Waals surface area contributed by atoms with Crippen LogP contribution in [0.2, 0.25) is 0 Å². The van der Waals surface area contributed by atoms with Crippen LogP contribution in [0.1, 0.15) is 46.1 Å². The SMILES string of the molecule is CCC(C)C(N)C(=O)NC(Cc1ccccc1)C(=O)NC(CS)C(=O)NC(CC(C)C)C(=O)O. The van der Waals surface area contributed by atoms with Gasteiger partial charge >= 0.3 is 5.97 Å². The Morgan fingerprint density at radius 2 is 1.44 bits per heavy atom. The summed E-state index contributed by atoms with van der Waals surface area (Å²) in [5.41, 5.74) is 6.85. The molecule has 9 nitrogen and oxygen atoms in total. The molecule has 1 aromatic carbocycles. The molecule has 0 aliphatic rings. The first-order chi connectivity index (χ1) is 16.0. The van der Waals surface area contributed by atoms with Crippen LogP contribution in [0, 0.1) is 11.8 Å². The number of nitrogens with one attached hydrogen (secondary N) is 3. The average Bonchev–Trinajstić information content (AvgIpc) is 2.80. The number of carboxylic acid groups (broad SMARTS) is 1. The predicted octanol–water partition coefficient (Wildman–Crippen LogP) is 1.12. The van der Waals surface area contributed by atoms with E-state index in [-0.39, 0.29) is 30.4 Å². The molecule has 5 unspecified atom stereocenters. The second-order valence-corrected chi connectivity index (χ2v) is 9.30. The van der Waals surface area contributed by atoms with Gasteiger partial charge in [0.25, 0.3) is 0 Å². The van der Waals surface area contributed by atoms with Gasteiger partial charge in [0.15, 0.2) is 0 Å². The summed E-state index contributed by atoms with van der Waals surface area (Å²) in [4.78, 5) is 50.0. The highest BCUT2D eigenvalue weighted by Crippen LogP contribution is 2.09. The van der Waals surface area contributed by atoms with Crippen molar-refractivity contribution in [3.63, 3.8) is 0 Å². The van der Waals surface area contributed by atoms with Crippen LogP contribution >= 0.6 is 12.6 Å². The second-order valence-electron chi connectivity index (χ2n) is 8.93. The van der Waals surface area contributed by atoms with Gasteiger partial charge in [-0.05, 0) is 23.8 Å². The Bertz CT molecular complexity index is 821. The van der Waals surface area contributed by atoms with Gasteiger partial charge in [0.1, 0.15) is 18.1 Å². The number of hydrogen-bond acceptors (Lipinski definition) is 6. The lowest BCUT2D eigenvalue weighted by molar-refractivity contribution is -0.142. The minimum absolute atomic E-state index is 0.0469. The fourth-order valence-electron chi connectivity index (χ4n) is 3.27. The summed E-state index contributed by atoms with van der Waals surface area (Å²) in [6, 6.07) is 5.21. The van der Waals surface area contributed by atoms with Crippen molar-refractivity contribution in [3.05, 3.63) is 35.9 Å². The highest BCUT2D eigenvalue weighted by Gasteiger charge is 2.30. The van der Waals surface area contributed by atoms with Crippen molar-refractivity contribution >= 4 is 36.3 Å². The molecule has 1 rings (SSSR count). The van der Waals surface area contributed by atoms with Crippen molar-refractivity contribution in [1.82, 2.24) is 16.0 Å². The van der Waals surface area contributed by atoms with Gasteiger partial charge in [-0.25, -0.2) is 4.79 Å². The zero-order valence-electron chi connectivity index (χ0n) is 20.3. The third kappa shape index (κ3) is 9.72. The van der Waals surface area contributed by atoms with E-state index in [1.165, 1.54) is 0 Å². The number of hydrogen-bond donors (Lipinski definition) is 6. The molecule has 0 saturated heterocycles. The first-order valence-electron chi connectivity index (χ1n) is 11.5. The maximum Gasteiger partial charge on any atom is 0.326 e. The first-order valence-corrected chi connectivity index (χ1v) is 12.2. The van der Waals surface area contributed by atoms with Gasteiger partial charge in [-0.1, -0.05) is 64.4 Å². The summed E-state index contributed by atoms with van der Waals surface area (Å²) in [6.07, 6.45) is 1.14. The summed E-state index contributed by atoms with van der Waals surface area (Å²) < 4.78 is 0. The lowest BCUT2D eigenvalue weighted by atomic mass is 9.98. The molecule has 6 N–H and O–H groups in total. The van der Waals surface area contributed by atoms with Crippen LogP contribution in [0.15, 0.2) is 30.3 Å². The van der Waals surface area contributed by atoms with Crippen LogP contribution in [0.3, 0.4) is 0 Å². The molecule has 0 aromatic heterocycles. The predicted molar refractivity (Wildman–Crippen MR) is 134 cm³/mol. The van der Waals surface area contributed by atoms with Gasteiger partial charge in [0.05, 0.1) is 6.04 Å².